The van der Waals surface area contributed by atoms with Crippen LogP contribution in [0.4, 0.5) is 0 Å². The molecule has 0 radical (unpaired) electrons. The van der Waals surface area contributed by atoms with Crippen molar-refractivity contribution in [1.29, 1.82) is 0 Å². The average molecular weight is 257 g/mol. The monoisotopic (exact) mass is 257 g/mol. The highest BCUT2D eigenvalue weighted by Gasteiger charge is 2.31. The SMILES string of the molecule is NCc1ccc(C2SCC(C(O)O)S2)cc1. The van der Waals surface area contributed by atoms with Crippen LogP contribution in [0, 0.1) is 0 Å². The molecule has 5 heteroatoms. The Labute approximate surface area is 103 Å². The maximum atomic E-state index is 9.10. The summed E-state index contributed by atoms with van der Waals surface area (Å²) in [4.78, 5) is 0. The van der Waals surface area contributed by atoms with Gasteiger partial charge in [-0.15, -0.1) is 23.5 Å². The Morgan fingerprint density at radius 3 is 2.50 bits per heavy atom. The summed E-state index contributed by atoms with van der Waals surface area (Å²) in [5.41, 5.74) is 7.88. The summed E-state index contributed by atoms with van der Waals surface area (Å²) in [6.45, 7) is 0.559. The molecule has 1 aromatic carbocycles. The number of aliphatic hydroxyl groups is 2. The molecule has 2 atom stereocenters. The second-order valence-corrected chi connectivity index (χ2v) is 6.48. The van der Waals surface area contributed by atoms with E-state index in [4.69, 9.17) is 15.9 Å². The first kappa shape index (κ1) is 12.3. The zero-order chi connectivity index (χ0) is 11.5. The fraction of sp³-hybridized carbons (Fsp3) is 0.455. The molecule has 2 rings (SSSR count). The van der Waals surface area contributed by atoms with E-state index in [9.17, 15) is 0 Å². The first-order chi connectivity index (χ1) is 7.70. The molecule has 0 bridgehead atoms. The van der Waals surface area contributed by atoms with E-state index in [2.05, 4.69) is 12.1 Å². The van der Waals surface area contributed by atoms with Crippen molar-refractivity contribution in [3.8, 4) is 0 Å². The third-order valence-corrected chi connectivity index (χ3v) is 5.89. The van der Waals surface area contributed by atoms with Crippen molar-refractivity contribution in [2.45, 2.75) is 22.7 Å². The molecule has 1 heterocycles. The molecule has 0 spiro atoms. The number of benzene rings is 1. The summed E-state index contributed by atoms with van der Waals surface area (Å²) in [5, 5.41) is 18.1. The Hall–Kier alpha value is -0.200. The first-order valence-electron chi connectivity index (χ1n) is 5.13. The van der Waals surface area contributed by atoms with Crippen molar-refractivity contribution in [3.05, 3.63) is 35.4 Å². The molecule has 1 saturated heterocycles. The molecule has 1 fully saturated rings. The molecule has 1 aliphatic heterocycles. The van der Waals surface area contributed by atoms with Gasteiger partial charge in [0.25, 0.3) is 0 Å². The van der Waals surface area contributed by atoms with E-state index in [-0.39, 0.29) is 5.25 Å². The summed E-state index contributed by atoms with van der Waals surface area (Å²) < 4.78 is 0.304. The second-order valence-electron chi connectivity index (χ2n) is 3.70. The van der Waals surface area contributed by atoms with E-state index in [1.165, 1.54) is 5.56 Å². The van der Waals surface area contributed by atoms with Crippen LogP contribution in [0.15, 0.2) is 24.3 Å². The van der Waals surface area contributed by atoms with Crippen LogP contribution in [0.3, 0.4) is 0 Å². The van der Waals surface area contributed by atoms with Crippen molar-refractivity contribution in [2.24, 2.45) is 5.73 Å². The number of hydrogen-bond acceptors (Lipinski definition) is 5. The molecule has 16 heavy (non-hydrogen) atoms. The zero-order valence-corrected chi connectivity index (χ0v) is 10.4. The fourth-order valence-electron chi connectivity index (χ4n) is 1.56. The fourth-order valence-corrected chi connectivity index (χ4v) is 4.75. The lowest BCUT2D eigenvalue weighted by Crippen LogP contribution is -2.21. The minimum absolute atomic E-state index is 0.0795. The van der Waals surface area contributed by atoms with Crippen LogP contribution >= 0.6 is 23.5 Å². The van der Waals surface area contributed by atoms with E-state index in [1.54, 1.807) is 23.5 Å². The van der Waals surface area contributed by atoms with Gasteiger partial charge in [0.15, 0.2) is 6.29 Å². The Morgan fingerprint density at radius 2 is 2.00 bits per heavy atom. The van der Waals surface area contributed by atoms with E-state index in [1.807, 2.05) is 12.1 Å². The number of hydrogen-bond donors (Lipinski definition) is 3. The number of aliphatic hydroxyl groups excluding tert-OH is 1. The van der Waals surface area contributed by atoms with Crippen molar-refractivity contribution < 1.29 is 10.2 Å². The average Bonchev–Trinajstić information content (AvgIpc) is 2.78. The van der Waals surface area contributed by atoms with Gasteiger partial charge in [-0.1, -0.05) is 24.3 Å². The minimum Gasteiger partial charge on any atom is -0.367 e. The van der Waals surface area contributed by atoms with Crippen LogP contribution in [0.5, 0.6) is 0 Å². The third-order valence-electron chi connectivity index (χ3n) is 2.53. The summed E-state index contributed by atoms with van der Waals surface area (Å²) in [5.74, 6) is 0.783. The maximum absolute atomic E-state index is 9.10. The van der Waals surface area contributed by atoms with Crippen LogP contribution in [-0.4, -0.2) is 27.5 Å². The molecular formula is C11H15NO2S2. The Morgan fingerprint density at radius 1 is 1.31 bits per heavy atom. The standard InChI is InChI=1S/C11H15NO2S2/c12-5-7-1-3-8(4-2-7)11-15-6-9(16-11)10(13)14/h1-4,9-11,13-14H,5-6,12H2. The van der Waals surface area contributed by atoms with E-state index < -0.39 is 6.29 Å². The third kappa shape index (κ3) is 2.73. The van der Waals surface area contributed by atoms with Gasteiger partial charge in [0.2, 0.25) is 0 Å². The van der Waals surface area contributed by atoms with Crippen molar-refractivity contribution in [3.63, 3.8) is 0 Å². The van der Waals surface area contributed by atoms with Gasteiger partial charge in [-0.05, 0) is 11.1 Å². The molecule has 4 N–H and O–H groups in total. The van der Waals surface area contributed by atoms with E-state index in [0.29, 0.717) is 11.1 Å². The quantitative estimate of drug-likeness (QED) is 0.712. The maximum Gasteiger partial charge on any atom is 0.164 e. The van der Waals surface area contributed by atoms with Crippen molar-refractivity contribution >= 4 is 23.5 Å². The van der Waals surface area contributed by atoms with Gasteiger partial charge in [0, 0.05) is 12.3 Å². The van der Waals surface area contributed by atoms with E-state index >= 15 is 0 Å². The number of thioether (sulfide) groups is 2. The molecule has 2 unspecified atom stereocenters. The largest absolute Gasteiger partial charge is 0.367 e. The Balaban J connectivity index is 2.03. The van der Waals surface area contributed by atoms with Crippen LogP contribution in [0.25, 0.3) is 0 Å². The summed E-state index contributed by atoms with van der Waals surface area (Å²) in [6, 6.07) is 8.19. The van der Waals surface area contributed by atoms with Gasteiger partial charge in [0.05, 0.1) is 9.83 Å². The topological polar surface area (TPSA) is 66.5 Å². The van der Waals surface area contributed by atoms with Gasteiger partial charge in [-0.25, -0.2) is 0 Å². The molecule has 0 aromatic heterocycles. The van der Waals surface area contributed by atoms with Crippen LogP contribution in [0.2, 0.25) is 0 Å². The van der Waals surface area contributed by atoms with Gasteiger partial charge < -0.3 is 15.9 Å². The second kappa shape index (κ2) is 5.42. The predicted octanol–water partition coefficient (Wildman–Crippen LogP) is 1.30. The lowest BCUT2D eigenvalue weighted by atomic mass is 10.1. The molecule has 0 saturated carbocycles. The molecule has 1 aromatic rings. The normalized spacial score (nSPS) is 25.2. The number of rotatable bonds is 3. The lowest BCUT2D eigenvalue weighted by molar-refractivity contribution is -0.0355. The van der Waals surface area contributed by atoms with Crippen LogP contribution in [-0.2, 0) is 6.54 Å². The Bertz CT molecular complexity index is 342. The molecule has 0 amide bonds. The molecular weight excluding hydrogens is 242 g/mol. The number of nitrogens with two attached hydrogens (primary N) is 1. The summed E-state index contributed by atoms with van der Waals surface area (Å²) in [6.07, 6.45) is -1.22. The molecule has 0 aliphatic carbocycles. The van der Waals surface area contributed by atoms with Gasteiger partial charge in [0.1, 0.15) is 0 Å². The van der Waals surface area contributed by atoms with Gasteiger partial charge >= 0.3 is 0 Å². The van der Waals surface area contributed by atoms with Gasteiger partial charge in [-0.2, -0.15) is 0 Å². The van der Waals surface area contributed by atoms with Crippen LogP contribution in [0.1, 0.15) is 15.7 Å². The molecule has 3 nitrogen and oxygen atoms in total. The van der Waals surface area contributed by atoms with E-state index in [0.717, 1.165) is 11.3 Å². The molecule has 88 valence electrons. The van der Waals surface area contributed by atoms with Crippen molar-refractivity contribution in [1.82, 2.24) is 0 Å². The highest BCUT2D eigenvalue weighted by atomic mass is 32.2. The minimum atomic E-state index is -1.22. The highest BCUT2D eigenvalue weighted by molar-refractivity contribution is 8.19. The van der Waals surface area contributed by atoms with Crippen molar-refractivity contribution in [2.75, 3.05) is 5.75 Å². The van der Waals surface area contributed by atoms with Gasteiger partial charge in [-0.3, -0.25) is 0 Å². The summed E-state index contributed by atoms with van der Waals surface area (Å²) >= 11 is 3.37. The first-order valence-corrected chi connectivity index (χ1v) is 7.12. The molecule has 1 aliphatic rings. The van der Waals surface area contributed by atoms with Crippen LogP contribution < -0.4 is 5.73 Å². The zero-order valence-electron chi connectivity index (χ0n) is 8.74. The summed E-state index contributed by atoms with van der Waals surface area (Å²) in [7, 11) is 0. The predicted molar refractivity (Wildman–Crippen MR) is 69.1 cm³/mol. The smallest absolute Gasteiger partial charge is 0.164 e. The highest BCUT2D eigenvalue weighted by Crippen LogP contribution is 2.49. The lowest BCUT2D eigenvalue weighted by Gasteiger charge is -2.12. The Kier molecular flexibility index (Phi) is 4.16.